The highest BCUT2D eigenvalue weighted by molar-refractivity contribution is 9.10. The molecule has 140 valence electrons. The lowest BCUT2D eigenvalue weighted by Gasteiger charge is -2.26. The molecule has 2 heterocycles. The molecule has 0 bridgehead atoms. The first kappa shape index (κ1) is 18.8. The van der Waals surface area contributed by atoms with E-state index in [-0.39, 0.29) is 28.3 Å². The van der Waals surface area contributed by atoms with Gasteiger partial charge in [-0.25, -0.2) is 13.6 Å². The Balaban J connectivity index is 2.01. The van der Waals surface area contributed by atoms with Crippen LogP contribution in [0.5, 0.6) is 0 Å². The molecule has 1 aliphatic rings. The maximum atomic E-state index is 14.2. The minimum atomic E-state index is -1.17. The highest BCUT2D eigenvalue weighted by atomic mass is 79.9. The van der Waals surface area contributed by atoms with Crippen LogP contribution in [-0.4, -0.2) is 34.7 Å². The molecule has 0 fully saturated rings. The fraction of sp³-hybridized carbons (Fsp3) is 0.444. The third kappa shape index (κ3) is 3.47. The van der Waals surface area contributed by atoms with Crippen LogP contribution >= 0.6 is 15.9 Å². The van der Waals surface area contributed by atoms with Gasteiger partial charge in [-0.1, -0.05) is 0 Å². The van der Waals surface area contributed by atoms with Gasteiger partial charge in [-0.05, 0) is 49.2 Å². The van der Waals surface area contributed by atoms with Gasteiger partial charge < -0.3 is 14.6 Å². The summed E-state index contributed by atoms with van der Waals surface area (Å²) in [6, 6.07) is 0.990. The van der Waals surface area contributed by atoms with Crippen molar-refractivity contribution in [2.45, 2.75) is 39.2 Å². The van der Waals surface area contributed by atoms with E-state index in [1.165, 1.54) is 4.90 Å². The van der Waals surface area contributed by atoms with Crippen molar-refractivity contribution < 1.29 is 18.3 Å². The van der Waals surface area contributed by atoms with E-state index in [1.54, 1.807) is 20.8 Å². The van der Waals surface area contributed by atoms with Crippen LogP contribution in [0, 0.1) is 11.6 Å². The zero-order valence-corrected chi connectivity index (χ0v) is 16.3. The number of aromatic nitrogens is 1. The zero-order valence-electron chi connectivity index (χ0n) is 14.7. The summed E-state index contributed by atoms with van der Waals surface area (Å²) in [6.07, 6.45) is 0.180. The monoisotopic (exact) mass is 428 g/mol. The Labute approximate surface area is 157 Å². The average molecular weight is 429 g/mol. The first-order valence-corrected chi connectivity index (χ1v) is 9.07. The van der Waals surface area contributed by atoms with E-state index in [9.17, 15) is 18.4 Å². The topological polar surface area (TPSA) is 62.4 Å². The van der Waals surface area contributed by atoms with Crippen molar-refractivity contribution in [1.29, 1.82) is 0 Å². The summed E-state index contributed by atoms with van der Waals surface area (Å²) < 4.78 is 33.6. The fourth-order valence-corrected chi connectivity index (χ4v) is 3.54. The van der Waals surface area contributed by atoms with Crippen LogP contribution in [0.3, 0.4) is 0 Å². The zero-order chi connectivity index (χ0) is 19.2. The van der Waals surface area contributed by atoms with Crippen LogP contribution in [0.4, 0.5) is 13.6 Å². The molecule has 0 aliphatic carbocycles. The molecule has 0 atom stereocenters. The maximum Gasteiger partial charge on any atom is 0.410 e. The van der Waals surface area contributed by atoms with Crippen molar-refractivity contribution in [1.82, 2.24) is 9.88 Å². The first-order chi connectivity index (χ1) is 12.1. The number of nitrogens with zero attached hydrogens (tertiary/aromatic N) is 1. The summed E-state index contributed by atoms with van der Waals surface area (Å²) in [5.41, 5.74) is 0.0581. The second-order valence-electron chi connectivity index (χ2n) is 7.28. The summed E-state index contributed by atoms with van der Waals surface area (Å²) in [5.74, 6) is -2.25. The van der Waals surface area contributed by atoms with E-state index in [2.05, 4.69) is 20.9 Å². The normalized spacial score (nSPS) is 14.9. The molecule has 1 aromatic heterocycles. The quantitative estimate of drug-likeness (QED) is 0.647. The third-order valence-corrected chi connectivity index (χ3v) is 4.85. The van der Waals surface area contributed by atoms with Crippen LogP contribution in [0.2, 0.25) is 0 Å². The number of aromatic amines is 1. The second kappa shape index (κ2) is 6.64. The highest BCUT2D eigenvalue weighted by Gasteiger charge is 2.27. The second-order valence-corrected chi connectivity index (χ2v) is 8.14. The summed E-state index contributed by atoms with van der Waals surface area (Å²) in [7, 11) is 0. The number of benzene rings is 1. The number of hydrogen-bond donors (Lipinski definition) is 1. The molecule has 0 radical (unpaired) electrons. The van der Waals surface area contributed by atoms with Gasteiger partial charge in [-0.2, -0.15) is 0 Å². The third-order valence-electron chi connectivity index (χ3n) is 4.23. The first-order valence-electron chi connectivity index (χ1n) is 8.27. The molecule has 8 heteroatoms. The van der Waals surface area contributed by atoms with Crippen LogP contribution in [0.1, 0.15) is 32.0 Å². The Morgan fingerprint density at radius 3 is 2.58 bits per heavy atom. The van der Waals surface area contributed by atoms with Gasteiger partial charge in [0.15, 0.2) is 17.1 Å². The lowest BCUT2D eigenvalue weighted by molar-refractivity contribution is 0.0258. The summed E-state index contributed by atoms with van der Waals surface area (Å²) in [4.78, 5) is 29.6. The van der Waals surface area contributed by atoms with Gasteiger partial charge in [-0.15, -0.1) is 0 Å². The smallest absolute Gasteiger partial charge is 0.410 e. The number of halogens is 3. The Bertz CT molecular complexity index is 950. The lowest BCUT2D eigenvalue weighted by Crippen LogP contribution is -2.38. The summed E-state index contributed by atoms with van der Waals surface area (Å²) in [5, 5.41) is -0.304. The van der Waals surface area contributed by atoms with Crippen molar-refractivity contribution >= 4 is 32.9 Å². The molecule has 0 saturated carbocycles. The molecule has 1 N–H and O–H groups in total. The van der Waals surface area contributed by atoms with Crippen molar-refractivity contribution in [2.75, 3.05) is 13.1 Å². The number of carbonyl (C=O) groups is 1. The van der Waals surface area contributed by atoms with Crippen LogP contribution in [0.15, 0.2) is 15.3 Å². The van der Waals surface area contributed by atoms with Gasteiger partial charge >= 0.3 is 6.09 Å². The van der Waals surface area contributed by atoms with E-state index in [4.69, 9.17) is 4.74 Å². The van der Waals surface area contributed by atoms with E-state index >= 15 is 0 Å². The molecular formula is C18H19BrF2N2O3. The standard InChI is InChI=1S/C18H19BrF2N2O3/c1-18(2,3)26-17(25)23-6-4-9-12(5-7-23)22-15-10(19)8-11(20)14(21)13(15)16(9)24/h8H,4-7H2,1-3H3,(H,22,24). The lowest BCUT2D eigenvalue weighted by atomic mass is 10.0. The highest BCUT2D eigenvalue weighted by Crippen LogP contribution is 2.27. The van der Waals surface area contributed by atoms with Crippen LogP contribution in [0.25, 0.3) is 10.9 Å². The minimum absolute atomic E-state index is 0.221. The Hall–Kier alpha value is -1.96. The molecule has 5 nitrogen and oxygen atoms in total. The minimum Gasteiger partial charge on any atom is -0.444 e. The number of carbonyl (C=O) groups excluding carboxylic acids is 1. The van der Waals surface area contributed by atoms with Gasteiger partial charge in [0.2, 0.25) is 0 Å². The van der Waals surface area contributed by atoms with Crippen molar-refractivity contribution in [2.24, 2.45) is 0 Å². The molecule has 0 saturated heterocycles. The molecule has 26 heavy (non-hydrogen) atoms. The Morgan fingerprint density at radius 2 is 1.92 bits per heavy atom. The van der Waals surface area contributed by atoms with Gasteiger partial charge in [0.25, 0.3) is 0 Å². The molecular weight excluding hydrogens is 410 g/mol. The molecule has 1 amide bonds. The van der Waals surface area contributed by atoms with Gasteiger partial charge in [-0.3, -0.25) is 4.79 Å². The van der Waals surface area contributed by atoms with Crippen molar-refractivity contribution in [3.63, 3.8) is 0 Å². The van der Waals surface area contributed by atoms with E-state index in [0.717, 1.165) is 6.07 Å². The maximum absolute atomic E-state index is 14.2. The Kier molecular flexibility index (Phi) is 4.81. The number of H-pyrrole nitrogens is 1. The number of rotatable bonds is 0. The SMILES string of the molecule is CC(C)(C)OC(=O)N1CCc2[nH]c3c(Br)cc(F)c(F)c3c(=O)c2CC1. The van der Waals surface area contributed by atoms with E-state index in [1.807, 2.05) is 0 Å². The number of nitrogens with one attached hydrogen (secondary N) is 1. The molecule has 0 spiro atoms. The average Bonchev–Trinajstić information content (AvgIpc) is 2.74. The van der Waals surface area contributed by atoms with Crippen LogP contribution < -0.4 is 5.43 Å². The summed E-state index contributed by atoms with van der Waals surface area (Å²) >= 11 is 3.17. The number of ether oxygens (including phenoxy) is 1. The Morgan fingerprint density at radius 1 is 1.27 bits per heavy atom. The van der Waals surface area contributed by atoms with Gasteiger partial charge in [0.1, 0.15) is 5.60 Å². The van der Waals surface area contributed by atoms with Crippen molar-refractivity contribution in [3.05, 3.63) is 43.7 Å². The van der Waals surface area contributed by atoms with Crippen LogP contribution in [-0.2, 0) is 17.6 Å². The molecule has 1 aromatic carbocycles. The predicted molar refractivity (Wildman–Crippen MR) is 97.4 cm³/mol. The number of fused-ring (bicyclic) bond motifs is 2. The number of hydrogen-bond acceptors (Lipinski definition) is 3. The molecule has 3 rings (SSSR count). The van der Waals surface area contributed by atoms with Crippen molar-refractivity contribution in [3.8, 4) is 0 Å². The molecule has 1 aliphatic heterocycles. The number of amides is 1. The largest absolute Gasteiger partial charge is 0.444 e. The molecule has 2 aromatic rings. The van der Waals surface area contributed by atoms with Gasteiger partial charge in [0.05, 0.1) is 10.9 Å². The van der Waals surface area contributed by atoms with E-state index in [0.29, 0.717) is 24.2 Å². The van der Waals surface area contributed by atoms with E-state index < -0.39 is 28.8 Å². The fourth-order valence-electron chi connectivity index (χ4n) is 3.04. The summed E-state index contributed by atoms with van der Waals surface area (Å²) in [6.45, 7) is 5.98. The predicted octanol–water partition coefficient (Wildman–Crippen LogP) is 3.90. The number of pyridine rings is 1. The van der Waals surface area contributed by atoms with Gasteiger partial charge in [0, 0.05) is 35.2 Å². The molecule has 0 unspecified atom stereocenters.